The molecule has 1 aromatic carbocycles. The number of carbonyl (C=O) groups is 1. The van der Waals surface area contributed by atoms with Gasteiger partial charge in [0.25, 0.3) is 5.91 Å². The van der Waals surface area contributed by atoms with Crippen LogP contribution in [0, 0.1) is 0 Å². The molecule has 1 fully saturated rings. The molecule has 0 spiro atoms. The quantitative estimate of drug-likeness (QED) is 0.810. The van der Waals surface area contributed by atoms with E-state index >= 15 is 0 Å². The zero-order valence-electron chi connectivity index (χ0n) is 13.6. The molecule has 1 amide bonds. The Morgan fingerprint density at radius 1 is 1.24 bits per heavy atom. The van der Waals surface area contributed by atoms with Gasteiger partial charge in [-0.3, -0.25) is 9.69 Å². The number of pyridine rings is 1. The molecule has 25 heavy (non-hydrogen) atoms. The van der Waals surface area contributed by atoms with Gasteiger partial charge in [0.05, 0.1) is 29.8 Å². The molecule has 0 aliphatic carbocycles. The van der Waals surface area contributed by atoms with Crippen molar-refractivity contribution in [2.45, 2.75) is 6.04 Å². The minimum absolute atomic E-state index is 0.0878. The number of hydrogen-bond acceptors (Lipinski definition) is 4. The minimum atomic E-state index is -0.222. The van der Waals surface area contributed by atoms with Crippen LogP contribution in [0.4, 0.5) is 0 Å². The van der Waals surface area contributed by atoms with Crippen molar-refractivity contribution >= 4 is 29.1 Å². The Labute approximate surface area is 156 Å². The zero-order valence-corrected chi connectivity index (χ0v) is 15.1. The zero-order chi connectivity index (χ0) is 17.6. The summed E-state index contributed by atoms with van der Waals surface area (Å²) < 4.78 is 5.44. The lowest BCUT2D eigenvalue weighted by atomic mass is 10.0. The molecule has 1 atom stereocenters. The Hall–Kier alpha value is -1.66. The second-order valence-corrected chi connectivity index (χ2v) is 6.55. The van der Waals surface area contributed by atoms with Crippen molar-refractivity contribution in [1.29, 1.82) is 0 Å². The van der Waals surface area contributed by atoms with Gasteiger partial charge in [0.15, 0.2) is 0 Å². The van der Waals surface area contributed by atoms with Gasteiger partial charge in [-0.05, 0) is 11.6 Å². The van der Waals surface area contributed by atoms with E-state index in [-0.39, 0.29) is 22.1 Å². The fraction of sp³-hybridized carbons (Fsp3) is 0.333. The van der Waals surface area contributed by atoms with Crippen molar-refractivity contribution in [3.63, 3.8) is 0 Å². The third-order valence-electron chi connectivity index (χ3n) is 4.19. The van der Waals surface area contributed by atoms with E-state index in [1.54, 1.807) is 0 Å². The van der Waals surface area contributed by atoms with Gasteiger partial charge >= 0.3 is 0 Å². The number of ether oxygens (including phenoxy) is 1. The van der Waals surface area contributed by atoms with Crippen molar-refractivity contribution in [2.75, 3.05) is 32.8 Å². The lowest BCUT2D eigenvalue weighted by Crippen LogP contribution is -2.43. The molecular formula is C18H19Cl2N3O2. The molecule has 132 valence electrons. The van der Waals surface area contributed by atoms with Crippen molar-refractivity contribution in [3.8, 4) is 0 Å². The number of hydrogen-bond donors (Lipinski definition) is 1. The molecule has 1 aromatic heterocycles. The highest BCUT2D eigenvalue weighted by molar-refractivity contribution is 6.41. The number of morpholine rings is 1. The number of rotatable bonds is 5. The fourth-order valence-electron chi connectivity index (χ4n) is 2.86. The monoisotopic (exact) mass is 379 g/mol. The third-order valence-corrected chi connectivity index (χ3v) is 4.87. The lowest BCUT2D eigenvalue weighted by Gasteiger charge is -2.35. The Kier molecular flexibility index (Phi) is 6.26. The summed E-state index contributed by atoms with van der Waals surface area (Å²) in [4.78, 5) is 18.7. The summed E-state index contributed by atoms with van der Waals surface area (Å²) in [6.07, 6.45) is 1.43. The number of halogens is 2. The Morgan fingerprint density at radius 3 is 2.64 bits per heavy atom. The van der Waals surface area contributed by atoms with Gasteiger partial charge in [-0.2, -0.15) is 0 Å². The maximum absolute atomic E-state index is 12.4. The van der Waals surface area contributed by atoms with Gasteiger partial charge < -0.3 is 10.1 Å². The first-order chi connectivity index (χ1) is 12.1. The van der Waals surface area contributed by atoms with E-state index in [4.69, 9.17) is 27.9 Å². The first kappa shape index (κ1) is 18.1. The first-order valence-corrected chi connectivity index (χ1v) is 8.87. The molecule has 0 radical (unpaired) electrons. The molecule has 1 aliphatic heterocycles. The smallest absolute Gasteiger partial charge is 0.252 e. The summed E-state index contributed by atoms with van der Waals surface area (Å²) in [5.74, 6) is -0.222. The highest BCUT2D eigenvalue weighted by Crippen LogP contribution is 2.22. The second kappa shape index (κ2) is 8.63. The lowest BCUT2D eigenvalue weighted by molar-refractivity contribution is 0.0162. The van der Waals surface area contributed by atoms with Crippen LogP contribution in [0.15, 0.2) is 42.6 Å². The van der Waals surface area contributed by atoms with Gasteiger partial charge in [-0.15, -0.1) is 0 Å². The average Bonchev–Trinajstić information content (AvgIpc) is 2.66. The molecule has 7 heteroatoms. The number of amides is 1. The van der Waals surface area contributed by atoms with E-state index in [1.165, 1.54) is 12.3 Å². The summed E-state index contributed by atoms with van der Waals surface area (Å²) in [6.45, 7) is 3.57. The van der Waals surface area contributed by atoms with Gasteiger partial charge in [-0.25, -0.2) is 4.98 Å². The molecule has 1 saturated heterocycles. The Bertz CT molecular complexity index is 722. The highest BCUT2D eigenvalue weighted by atomic mass is 35.5. The van der Waals surface area contributed by atoms with Crippen molar-refractivity contribution in [2.24, 2.45) is 0 Å². The van der Waals surface area contributed by atoms with Gasteiger partial charge in [0, 0.05) is 25.8 Å². The van der Waals surface area contributed by atoms with Gasteiger partial charge in [-0.1, -0.05) is 53.5 Å². The van der Waals surface area contributed by atoms with Crippen molar-refractivity contribution in [1.82, 2.24) is 15.2 Å². The molecule has 2 heterocycles. The van der Waals surface area contributed by atoms with Crippen LogP contribution in [0.5, 0.6) is 0 Å². The molecule has 1 aliphatic rings. The minimum Gasteiger partial charge on any atom is -0.379 e. The standard InChI is InChI=1S/C18H19Cl2N3O2/c19-15-10-14(11-21-17(15)20)18(24)22-12-16(13-4-2-1-3-5-13)23-6-8-25-9-7-23/h1-5,10-11,16H,6-9,12H2,(H,22,24). The van der Waals surface area contributed by atoms with Crippen LogP contribution in [0.1, 0.15) is 22.0 Å². The van der Waals surface area contributed by atoms with Crippen LogP contribution in [-0.2, 0) is 4.74 Å². The topological polar surface area (TPSA) is 54.5 Å². The molecule has 0 saturated carbocycles. The van der Waals surface area contributed by atoms with E-state index in [0.29, 0.717) is 25.3 Å². The van der Waals surface area contributed by atoms with Gasteiger partial charge in [0.1, 0.15) is 5.15 Å². The number of nitrogens with one attached hydrogen (secondary N) is 1. The molecular weight excluding hydrogens is 361 g/mol. The summed E-state index contributed by atoms with van der Waals surface area (Å²) in [6, 6.07) is 11.8. The van der Waals surface area contributed by atoms with E-state index < -0.39 is 0 Å². The summed E-state index contributed by atoms with van der Waals surface area (Å²) in [5, 5.41) is 3.43. The second-order valence-electron chi connectivity index (χ2n) is 5.78. The highest BCUT2D eigenvalue weighted by Gasteiger charge is 2.23. The predicted molar refractivity (Wildman–Crippen MR) is 98.2 cm³/mol. The number of aromatic nitrogens is 1. The van der Waals surface area contributed by atoms with Crippen LogP contribution < -0.4 is 5.32 Å². The number of benzene rings is 1. The van der Waals surface area contributed by atoms with Crippen molar-refractivity contribution in [3.05, 3.63) is 63.9 Å². The maximum atomic E-state index is 12.4. The van der Waals surface area contributed by atoms with Crippen LogP contribution in [0.25, 0.3) is 0 Å². The van der Waals surface area contributed by atoms with Crippen LogP contribution in [0.2, 0.25) is 10.2 Å². The first-order valence-electron chi connectivity index (χ1n) is 8.11. The van der Waals surface area contributed by atoms with E-state index in [2.05, 4.69) is 27.3 Å². The molecule has 5 nitrogen and oxygen atoms in total. The van der Waals surface area contributed by atoms with E-state index in [0.717, 1.165) is 18.7 Å². The van der Waals surface area contributed by atoms with Crippen LogP contribution in [-0.4, -0.2) is 48.6 Å². The Balaban J connectivity index is 1.71. The molecule has 0 bridgehead atoms. The van der Waals surface area contributed by atoms with E-state index in [9.17, 15) is 4.79 Å². The normalized spacial score (nSPS) is 16.4. The fourth-order valence-corrected chi connectivity index (χ4v) is 3.13. The molecule has 2 aromatic rings. The number of nitrogens with zero attached hydrogens (tertiary/aromatic N) is 2. The molecule has 1 N–H and O–H groups in total. The summed E-state index contributed by atoms with van der Waals surface area (Å²) >= 11 is 11.7. The Morgan fingerprint density at radius 2 is 1.96 bits per heavy atom. The maximum Gasteiger partial charge on any atom is 0.252 e. The van der Waals surface area contributed by atoms with Gasteiger partial charge in [0.2, 0.25) is 0 Å². The van der Waals surface area contributed by atoms with Crippen molar-refractivity contribution < 1.29 is 9.53 Å². The number of carbonyl (C=O) groups excluding carboxylic acids is 1. The largest absolute Gasteiger partial charge is 0.379 e. The molecule has 1 unspecified atom stereocenters. The average molecular weight is 380 g/mol. The van der Waals surface area contributed by atoms with Crippen LogP contribution in [0.3, 0.4) is 0 Å². The van der Waals surface area contributed by atoms with Crippen LogP contribution >= 0.6 is 23.2 Å². The molecule has 3 rings (SSSR count). The van der Waals surface area contributed by atoms with E-state index in [1.807, 2.05) is 18.2 Å². The summed E-state index contributed by atoms with van der Waals surface area (Å²) in [7, 11) is 0. The predicted octanol–water partition coefficient (Wildman–Crippen LogP) is 3.19. The third kappa shape index (κ3) is 4.70. The summed E-state index contributed by atoms with van der Waals surface area (Å²) in [5.41, 5.74) is 1.56. The SMILES string of the molecule is O=C(NCC(c1ccccc1)N1CCOCC1)c1cnc(Cl)c(Cl)c1.